The molecule has 20 heavy (non-hydrogen) atoms. The molecule has 118 valence electrons. The van der Waals surface area contributed by atoms with Crippen LogP contribution in [-0.2, 0) is 9.53 Å². The molecule has 1 atom stereocenters. The molecule has 1 amide bonds. The van der Waals surface area contributed by atoms with Gasteiger partial charge in [0.2, 0.25) is 5.91 Å². The number of halogens is 1. The van der Waals surface area contributed by atoms with Gasteiger partial charge < -0.3 is 15.0 Å². The number of likely N-dealkylation sites (tertiary alicyclic amines) is 1. The fourth-order valence-electron chi connectivity index (χ4n) is 3.32. The Kier molecular flexibility index (Phi) is 8.50. The number of nitrogens with zero attached hydrogens (tertiary/aromatic N) is 1. The first-order valence-electron chi connectivity index (χ1n) is 7.77. The monoisotopic (exact) mass is 304 g/mol. The molecular weight excluding hydrogens is 276 g/mol. The highest BCUT2D eigenvalue weighted by Crippen LogP contribution is 2.21. The van der Waals surface area contributed by atoms with Crippen LogP contribution in [0.2, 0.25) is 0 Å². The average molecular weight is 305 g/mol. The van der Waals surface area contributed by atoms with Crippen molar-refractivity contribution in [2.24, 2.45) is 11.8 Å². The highest BCUT2D eigenvalue weighted by atomic mass is 35.5. The van der Waals surface area contributed by atoms with Crippen LogP contribution in [0, 0.1) is 11.8 Å². The van der Waals surface area contributed by atoms with E-state index in [1.807, 2.05) is 0 Å². The molecule has 0 aromatic carbocycles. The molecule has 0 saturated carbocycles. The summed E-state index contributed by atoms with van der Waals surface area (Å²) in [6.45, 7) is 4.89. The van der Waals surface area contributed by atoms with Crippen molar-refractivity contribution in [1.29, 1.82) is 0 Å². The van der Waals surface area contributed by atoms with Crippen LogP contribution in [0.3, 0.4) is 0 Å². The Morgan fingerprint density at radius 1 is 1.25 bits per heavy atom. The summed E-state index contributed by atoms with van der Waals surface area (Å²) in [5.74, 6) is 1.66. The zero-order chi connectivity index (χ0) is 13.5. The summed E-state index contributed by atoms with van der Waals surface area (Å²) in [6, 6.07) is 0. The molecule has 5 heteroatoms. The molecule has 2 fully saturated rings. The molecule has 0 radical (unpaired) electrons. The van der Waals surface area contributed by atoms with Crippen LogP contribution in [0.1, 0.15) is 38.5 Å². The van der Waals surface area contributed by atoms with Crippen molar-refractivity contribution in [1.82, 2.24) is 10.2 Å². The van der Waals surface area contributed by atoms with Gasteiger partial charge >= 0.3 is 0 Å². The van der Waals surface area contributed by atoms with Crippen LogP contribution in [-0.4, -0.2) is 50.7 Å². The smallest absolute Gasteiger partial charge is 0.222 e. The summed E-state index contributed by atoms with van der Waals surface area (Å²) in [7, 11) is 1.75. The van der Waals surface area contributed by atoms with Crippen LogP contribution in [0.4, 0.5) is 0 Å². The number of carbonyl (C=O) groups excluding carboxylic acids is 1. The number of hydrogen-bond acceptors (Lipinski definition) is 3. The highest BCUT2D eigenvalue weighted by Gasteiger charge is 2.24. The quantitative estimate of drug-likeness (QED) is 0.845. The maximum absolute atomic E-state index is 12.3. The molecule has 0 spiro atoms. The summed E-state index contributed by atoms with van der Waals surface area (Å²) in [4.78, 5) is 14.3. The topological polar surface area (TPSA) is 41.6 Å². The molecule has 2 saturated heterocycles. The Labute approximate surface area is 129 Å². The predicted molar refractivity (Wildman–Crippen MR) is 83.3 cm³/mol. The van der Waals surface area contributed by atoms with Gasteiger partial charge in [0.25, 0.3) is 0 Å². The largest absolute Gasteiger partial charge is 0.384 e. The Morgan fingerprint density at radius 2 is 2.00 bits per heavy atom. The minimum absolute atomic E-state index is 0. The zero-order valence-electron chi connectivity index (χ0n) is 12.6. The van der Waals surface area contributed by atoms with E-state index in [4.69, 9.17) is 4.74 Å². The minimum Gasteiger partial charge on any atom is -0.384 e. The maximum Gasteiger partial charge on any atom is 0.222 e. The first-order valence-corrected chi connectivity index (χ1v) is 7.77. The van der Waals surface area contributed by atoms with Crippen molar-refractivity contribution in [2.45, 2.75) is 38.5 Å². The van der Waals surface area contributed by atoms with Gasteiger partial charge in [0, 0.05) is 26.6 Å². The minimum atomic E-state index is 0. The third-order valence-corrected chi connectivity index (χ3v) is 4.50. The first kappa shape index (κ1) is 17.7. The van der Waals surface area contributed by atoms with E-state index in [2.05, 4.69) is 10.2 Å². The fraction of sp³-hybridized carbons (Fsp3) is 0.933. The van der Waals surface area contributed by atoms with Gasteiger partial charge in [-0.15, -0.1) is 12.4 Å². The lowest BCUT2D eigenvalue weighted by molar-refractivity contribution is -0.133. The Bertz CT molecular complexity index is 281. The summed E-state index contributed by atoms with van der Waals surface area (Å²) in [5, 5.41) is 3.38. The highest BCUT2D eigenvalue weighted by molar-refractivity contribution is 5.85. The number of carbonyl (C=O) groups is 1. The Balaban J connectivity index is 0.00000200. The van der Waals surface area contributed by atoms with E-state index < -0.39 is 0 Å². The number of piperidine rings is 2. The Hall–Kier alpha value is -0.320. The molecule has 2 heterocycles. The normalized spacial score (nSPS) is 24.2. The predicted octanol–water partition coefficient (Wildman–Crippen LogP) is 2.07. The summed E-state index contributed by atoms with van der Waals surface area (Å²) in [5.41, 5.74) is 0. The number of rotatable bonds is 5. The standard InChI is InChI=1S/C15H28N2O2.ClH/c1-19-12-14-3-2-10-17(11-14)15(18)5-4-13-6-8-16-9-7-13;/h13-14,16H,2-12H2,1H3;1H. The van der Waals surface area contributed by atoms with Gasteiger partial charge in [-0.1, -0.05) is 0 Å². The number of methoxy groups -OCH3 is 1. The lowest BCUT2D eigenvalue weighted by atomic mass is 9.92. The van der Waals surface area contributed by atoms with E-state index in [1.54, 1.807) is 7.11 Å². The summed E-state index contributed by atoms with van der Waals surface area (Å²) in [6.07, 6.45) is 6.62. The summed E-state index contributed by atoms with van der Waals surface area (Å²) < 4.78 is 5.22. The van der Waals surface area contributed by atoms with Crippen molar-refractivity contribution >= 4 is 18.3 Å². The van der Waals surface area contributed by atoms with Crippen LogP contribution < -0.4 is 5.32 Å². The zero-order valence-corrected chi connectivity index (χ0v) is 13.4. The number of nitrogens with one attached hydrogen (secondary N) is 1. The molecule has 0 aliphatic carbocycles. The second-order valence-corrected chi connectivity index (χ2v) is 6.04. The molecule has 0 bridgehead atoms. The second-order valence-electron chi connectivity index (χ2n) is 6.04. The third-order valence-electron chi connectivity index (χ3n) is 4.50. The Morgan fingerprint density at radius 3 is 2.70 bits per heavy atom. The van der Waals surface area contributed by atoms with Gasteiger partial charge in [-0.25, -0.2) is 0 Å². The van der Waals surface area contributed by atoms with Crippen LogP contribution in [0.15, 0.2) is 0 Å². The van der Waals surface area contributed by atoms with E-state index in [1.165, 1.54) is 19.3 Å². The average Bonchev–Trinajstić information content (AvgIpc) is 2.46. The third kappa shape index (κ3) is 5.58. The first-order chi connectivity index (χ1) is 9.29. The van der Waals surface area contributed by atoms with Crippen LogP contribution in [0.25, 0.3) is 0 Å². The van der Waals surface area contributed by atoms with Gasteiger partial charge in [0.05, 0.1) is 6.61 Å². The van der Waals surface area contributed by atoms with E-state index in [-0.39, 0.29) is 12.4 Å². The van der Waals surface area contributed by atoms with Crippen molar-refractivity contribution in [3.05, 3.63) is 0 Å². The van der Waals surface area contributed by atoms with Crippen molar-refractivity contribution in [2.75, 3.05) is 39.9 Å². The molecule has 4 nitrogen and oxygen atoms in total. The number of amides is 1. The fourth-order valence-corrected chi connectivity index (χ4v) is 3.32. The van der Waals surface area contributed by atoms with Gasteiger partial charge in [0.15, 0.2) is 0 Å². The lowest BCUT2D eigenvalue weighted by Gasteiger charge is -2.33. The number of hydrogen-bond donors (Lipinski definition) is 1. The second kappa shape index (κ2) is 9.59. The molecule has 2 aliphatic rings. The molecule has 0 aromatic heterocycles. The maximum atomic E-state index is 12.3. The van der Waals surface area contributed by atoms with Gasteiger partial charge in [0.1, 0.15) is 0 Å². The van der Waals surface area contributed by atoms with Crippen LogP contribution in [0.5, 0.6) is 0 Å². The van der Waals surface area contributed by atoms with Crippen molar-refractivity contribution in [3.63, 3.8) is 0 Å². The van der Waals surface area contributed by atoms with E-state index >= 15 is 0 Å². The van der Waals surface area contributed by atoms with E-state index in [0.717, 1.165) is 58.0 Å². The van der Waals surface area contributed by atoms with Gasteiger partial charge in [-0.3, -0.25) is 4.79 Å². The number of ether oxygens (including phenoxy) is 1. The lowest BCUT2D eigenvalue weighted by Crippen LogP contribution is -2.41. The molecule has 0 aromatic rings. The molecule has 1 N–H and O–H groups in total. The van der Waals surface area contributed by atoms with E-state index in [9.17, 15) is 4.79 Å². The van der Waals surface area contributed by atoms with Crippen molar-refractivity contribution < 1.29 is 9.53 Å². The summed E-state index contributed by atoms with van der Waals surface area (Å²) >= 11 is 0. The molecular formula is C15H29ClN2O2. The van der Waals surface area contributed by atoms with Gasteiger partial charge in [-0.05, 0) is 57.0 Å². The van der Waals surface area contributed by atoms with E-state index in [0.29, 0.717) is 11.8 Å². The molecule has 1 unspecified atom stereocenters. The molecule has 2 aliphatic heterocycles. The van der Waals surface area contributed by atoms with Crippen molar-refractivity contribution in [3.8, 4) is 0 Å². The van der Waals surface area contributed by atoms with Gasteiger partial charge in [-0.2, -0.15) is 0 Å². The SMILES string of the molecule is COCC1CCCN(C(=O)CCC2CCNCC2)C1.Cl. The molecule has 2 rings (SSSR count). The van der Waals surface area contributed by atoms with Crippen LogP contribution >= 0.6 is 12.4 Å².